The predicted molar refractivity (Wildman–Crippen MR) is 66.0 cm³/mol. The molecule has 0 bridgehead atoms. The molecule has 1 unspecified atom stereocenters. The number of hydrogen-bond acceptors (Lipinski definition) is 2. The van der Waals surface area contributed by atoms with E-state index in [1.54, 1.807) is 12.1 Å². The smallest absolute Gasteiger partial charge is 0.165 e. The molecule has 0 radical (unpaired) electrons. The average Bonchev–Trinajstić information content (AvgIpc) is 2.57. The second-order valence-corrected chi connectivity index (χ2v) is 4.69. The van der Waals surface area contributed by atoms with Gasteiger partial charge in [0.1, 0.15) is 0 Å². The first-order valence-electron chi connectivity index (χ1n) is 5.78. The molecule has 2 rings (SSSR count). The molecule has 16 heavy (non-hydrogen) atoms. The van der Waals surface area contributed by atoms with Crippen LogP contribution in [0.3, 0.4) is 0 Å². The van der Waals surface area contributed by atoms with Crippen molar-refractivity contribution in [1.29, 1.82) is 0 Å². The zero-order valence-corrected chi connectivity index (χ0v) is 9.96. The summed E-state index contributed by atoms with van der Waals surface area (Å²) in [5.74, 6) is 0.441. The molecule has 0 spiro atoms. The van der Waals surface area contributed by atoms with Crippen molar-refractivity contribution in [2.24, 2.45) is 5.92 Å². The van der Waals surface area contributed by atoms with Gasteiger partial charge in [-0.1, -0.05) is 11.6 Å². The SMILES string of the molecule is O=C(c1ccc(Cl)cc1)C1CCCNCC1. The molecular weight excluding hydrogens is 222 g/mol. The van der Waals surface area contributed by atoms with E-state index in [0.717, 1.165) is 37.9 Å². The van der Waals surface area contributed by atoms with E-state index in [-0.39, 0.29) is 11.7 Å². The van der Waals surface area contributed by atoms with Gasteiger partial charge in [0.15, 0.2) is 5.78 Å². The second kappa shape index (κ2) is 5.46. The summed E-state index contributed by atoms with van der Waals surface area (Å²) in [5.41, 5.74) is 0.788. The van der Waals surface area contributed by atoms with E-state index in [9.17, 15) is 4.79 Å². The van der Waals surface area contributed by atoms with Crippen LogP contribution in [0, 0.1) is 5.92 Å². The number of benzene rings is 1. The fourth-order valence-corrected chi connectivity index (χ4v) is 2.26. The number of carbonyl (C=O) groups is 1. The summed E-state index contributed by atoms with van der Waals surface area (Å²) < 4.78 is 0. The minimum atomic E-state index is 0.177. The molecule has 0 saturated carbocycles. The van der Waals surface area contributed by atoms with Crippen LogP contribution in [0.25, 0.3) is 0 Å². The molecule has 0 aliphatic carbocycles. The summed E-state index contributed by atoms with van der Waals surface area (Å²) in [6, 6.07) is 7.21. The normalized spacial score (nSPS) is 21.4. The molecule has 86 valence electrons. The van der Waals surface area contributed by atoms with Gasteiger partial charge in [-0.15, -0.1) is 0 Å². The maximum atomic E-state index is 12.2. The summed E-state index contributed by atoms with van der Waals surface area (Å²) in [5, 5.41) is 4.00. The molecule has 1 aromatic rings. The first-order valence-corrected chi connectivity index (χ1v) is 6.15. The Balaban J connectivity index is 2.08. The van der Waals surface area contributed by atoms with Crippen LogP contribution in [-0.2, 0) is 0 Å². The first kappa shape index (κ1) is 11.6. The topological polar surface area (TPSA) is 29.1 Å². The van der Waals surface area contributed by atoms with Crippen molar-refractivity contribution < 1.29 is 4.79 Å². The molecule has 0 amide bonds. The number of ketones is 1. The highest BCUT2D eigenvalue weighted by atomic mass is 35.5. The standard InChI is InChI=1S/C13H16ClNO/c14-12-5-3-11(4-6-12)13(16)10-2-1-8-15-9-7-10/h3-6,10,15H,1-2,7-9H2. The Morgan fingerprint density at radius 3 is 2.69 bits per heavy atom. The third-order valence-corrected chi connectivity index (χ3v) is 3.33. The second-order valence-electron chi connectivity index (χ2n) is 4.25. The molecule has 1 aliphatic rings. The highest BCUT2D eigenvalue weighted by Crippen LogP contribution is 2.20. The molecule has 1 heterocycles. The molecule has 3 heteroatoms. The predicted octanol–water partition coefficient (Wildman–Crippen LogP) is 2.91. The van der Waals surface area contributed by atoms with Gasteiger partial charge in [0.25, 0.3) is 0 Å². The van der Waals surface area contributed by atoms with E-state index < -0.39 is 0 Å². The molecule has 0 aromatic heterocycles. The fraction of sp³-hybridized carbons (Fsp3) is 0.462. The first-order chi connectivity index (χ1) is 7.77. The number of hydrogen-bond donors (Lipinski definition) is 1. The van der Waals surface area contributed by atoms with Gasteiger partial charge >= 0.3 is 0 Å². The van der Waals surface area contributed by atoms with E-state index in [1.807, 2.05) is 12.1 Å². The van der Waals surface area contributed by atoms with Crippen LogP contribution in [0.5, 0.6) is 0 Å². The summed E-state index contributed by atoms with van der Waals surface area (Å²) in [7, 11) is 0. The van der Waals surface area contributed by atoms with Crippen molar-refractivity contribution in [1.82, 2.24) is 5.32 Å². The lowest BCUT2D eigenvalue weighted by molar-refractivity contribution is 0.0910. The number of rotatable bonds is 2. The molecule has 2 nitrogen and oxygen atoms in total. The lowest BCUT2D eigenvalue weighted by atomic mass is 9.91. The minimum absolute atomic E-state index is 0.177. The zero-order valence-electron chi connectivity index (χ0n) is 9.21. The molecular formula is C13H16ClNO. The van der Waals surface area contributed by atoms with E-state index in [1.165, 1.54) is 0 Å². The van der Waals surface area contributed by atoms with Crippen LogP contribution in [0.4, 0.5) is 0 Å². The van der Waals surface area contributed by atoms with Crippen LogP contribution in [0.2, 0.25) is 5.02 Å². The lowest BCUT2D eigenvalue weighted by Gasteiger charge is -2.12. The van der Waals surface area contributed by atoms with Gasteiger partial charge in [0.05, 0.1) is 0 Å². The monoisotopic (exact) mass is 237 g/mol. The Morgan fingerprint density at radius 2 is 1.94 bits per heavy atom. The summed E-state index contributed by atoms with van der Waals surface area (Å²) in [4.78, 5) is 12.2. The third kappa shape index (κ3) is 2.83. The molecule has 1 aromatic carbocycles. The molecule has 1 atom stereocenters. The van der Waals surface area contributed by atoms with Crippen LogP contribution in [0.1, 0.15) is 29.6 Å². The average molecular weight is 238 g/mol. The fourth-order valence-electron chi connectivity index (χ4n) is 2.13. The van der Waals surface area contributed by atoms with Crippen molar-refractivity contribution in [2.45, 2.75) is 19.3 Å². The highest BCUT2D eigenvalue weighted by molar-refractivity contribution is 6.30. The van der Waals surface area contributed by atoms with E-state index in [0.29, 0.717) is 5.02 Å². The number of carbonyl (C=O) groups excluding carboxylic acids is 1. The number of halogens is 1. The Hall–Kier alpha value is -0.860. The minimum Gasteiger partial charge on any atom is -0.317 e. The Morgan fingerprint density at radius 1 is 1.19 bits per heavy atom. The van der Waals surface area contributed by atoms with Gasteiger partial charge in [-0.25, -0.2) is 0 Å². The molecule has 1 fully saturated rings. The largest absolute Gasteiger partial charge is 0.317 e. The Kier molecular flexibility index (Phi) is 3.97. The van der Waals surface area contributed by atoms with Gasteiger partial charge < -0.3 is 5.32 Å². The van der Waals surface area contributed by atoms with Gasteiger partial charge in [0, 0.05) is 16.5 Å². The number of nitrogens with one attached hydrogen (secondary N) is 1. The van der Waals surface area contributed by atoms with Crippen molar-refractivity contribution in [3.8, 4) is 0 Å². The van der Waals surface area contributed by atoms with E-state index >= 15 is 0 Å². The van der Waals surface area contributed by atoms with Crippen LogP contribution in [0.15, 0.2) is 24.3 Å². The molecule has 1 N–H and O–H groups in total. The summed E-state index contributed by atoms with van der Waals surface area (Å²) in [6.45, 7) is 1.98. The Labute approximate surface area is 101 Å². The van der Waals surface area contributed by atoms with Crippen molar-refractivity contribution >= 4 is 17.4 Å². The van der Waals surface area contributed by atoms with Crippen molar-refractivity contribution in [3.05, 3.63) is 34.9 Å². The van der Waals surface area contributed by atoms with Gasteiger partial charge in [0.2, 0.25) is 0 Å². The van der Waals surface area contributed by atoms with Crippen LogP contribution in [-0.4, -0.2) is 18.9 Å². The van der Waals surface area contributed by atoms with Crippen molar-refractivity contribution in [2.75, 3.05) is 13.1 Å². The van der Waals surface area contributed by atoms with Crippen LogP contribution >= 0.6 is 11.6 Å². The van der Waals surface area contributed by atoms with Gasteiger partial charge in [-0.2, -0.15) is 0 Å². The maximum absolute atomic E-state index is 12.2. The molecule has 1 saturated heterocycles. The highest BCUT2D eigenvalue weighted by Gasteiger charge is 2.20. The quantitative estimate of drug-likeness (QED) is 0.802. The van der Waals surface area contributed by atoms with Crippen LogP contribution < -0.4 is 5.32 Å². The van der Waals surface area contributed by atoms with E-state index in [2.05, 4.69) is 5.32 Å². The van der Waals surface area contributed by atoms with Gasteiger partial charge in [-0.05, 0) is 56.6 Å². The third-order valence-electron chi connectivity index (χ3n) is 3.08. The maximum Gasteiger partial charge on any atom is 0.165 e. The van der Waals surface area contributed by atoms with E-state index in [4.69, 9.17) is 11.6 Å². The Bertz CT molecular complexity index is 353. The summed E-state index contributed by atoms with van der Waals surface area (Å²) in [6.07, 6.45) is 3.03. The summed E-state index contributed by atoms with van der Waals surface area (Å²) >= 11 is 5.81. The van der Waals surface area contributed by atoms with Crippen molar-refractivity contribution in [3.63, 3.8) is 0 Å². The zero-order chi connectivity index (χ0) is 11.4. The van der Waals surface area contributed by atoms with Gasteiger partial charge in [-0.3, -0.25) is 4.79 Å². The molecule has 1 aliphatic heterocycles. The number of Topliss-reactive ketones (excluding diaryl/α,β-unsaturated/α-hetero) is 1. The lowest BCUT2D eigenvalue weighted by Crippen LogP contribution is -2.17.